The highest BCUT2D eigenvalue weighted by atomic mass is 16.3. The molecule has 0 saturated carbocycles. The van der Waals surface area contributed by atoms with Gasteiger partial charge in [-0.1, -0.05) is 0 Å². The van der Waals surface area contributed by atoms with E-state index in [1.807, 2.05) is 11.9 Å². The molecule has 0 fully saturated rings. The minimum Gasteiger partial charge on any atom is -0.395 e. The first-order chi connectivity index (χ1) is 5.31. The van der Waals surface area contributed by atoms with Crippen LogP contribution in [-0.2, 0) is 4.79 Å². The van der Waals surface area contributed by atoms with E-state index >= 15 is 0 Å². The Morgan fingerprint density at radius 2 is 2.27 bits per heavy atom. The molecule has 66 valence electrons. The molecule has 11 heavy (non-hydrogen) atoms. The largest absolute Gasteiger partial charge is 0.395 e. The quantitative estimate of drug-likeness (QED) is 0.373. The number of aliphatic hydroxyl groups is 1. The molecule has 0 atom stereocenters. The molecular weight excluding hydrogens is 144 g/mol. The van der Waals surface area contributed by atoms with Crippen LogP contribution in [0.25, 0.3) is 0 Å². The first-order valence-corrected chi connectivity index (χ1v) is 3.77. The van der Waals surface area contributed by atoms with Crippen molar-refractivity contribution in [1.82, 2.24) is 10.2 Å². The van der Waals surface area contributed by atoms with E-state index in [0.717, 1.165) is 13.0 Å². The van der Waals surface area contributed by atoms with E-state index in [2.05, 4.69) is 5.32 Å². The van der Waals surface area contributed by atoms with Gasteiger partial charge in [0.15, 0.2) is 0 Å². The number of carbonyl (C=O) groups is 1. The van der Waals surface area contributed by atoms with Crippen molar-refractivity contribution < 1.29 is 9.90 Å². The maximum absolute atomic E-state index is 9.81. The fourth-order valence-corrected chi connectivity index (χ4v) is 0.792. The molecule has 0 saturated heterocycles. The molecule has 0 bridgehead atoms. The third-order valence-corrected chi connectivity index (χ3v) is 1.43. The fraction of sp³-hybridized carbons (Fsp3) is 0.857. The number of nitrogens with zero attached hydrogens (tertiary/aromatic N) is 1. The molecule has 0 spiro atoms. The predicted molar refractivity (Wildman–Crippen MR) is 43.3 cm³/mol. The smallest absolute Gasteiger partial charge is 0.207 e. The summed E-state index contributed by atoms with van der Waals surface area (Å²) < 4.78 is 0. The highest BCUT2D eigenvalue weighted by molar-refractivity contribution is 5.45. The van der Waals surface area contributed by atoms with Crippen LogP contribution in [0.15, 0.2) is 0 Å². The molecule has 0 aliphatic rings. The standard InChI is InChI=1S/C7H16N2O2/c1-9(5-6-10)4-2-3-8-7-11/h7,10H,2-6H2,1H3,(H,8,11). The highest BCUT2D eigenvalue weighted by Crippen LogP contribution is 1.83. The van der Waals surface area contributed by atoms with Gasteiger partial charge >= 0.3 is 0 Å². The van der Waals surface area contributed by atoms with Crippen LogP contribution in [-0.4, -0.2) is 49.7 Å². The lowest BCUT2D eigenvalue weighted by molar-refractivity contribution is -0.109. The zero-order chi connectivity index (χ0) is 8.53. The third-order valence-electron chi connectivity index (χ3n) is 1.43. The van der Waals surface area contributed by atoms with Crippen LogP contribution in [0.5, 0.6) is 0 Å². The summed E-state index contributed by atoms with van der Waals surface area (Å²) >= 11 is 0. The van der Waals surface area contributed by atoms with Crippen LogP contribution in [0.2, 0.25) is 0 Å². The van der Waals surface area contributed by atoms with Crippen molar-refractivity contribution in [3.8, 4) is 0 Å². The molecule has 2 N–H and O–H groups in total. The van der Waals surface area contributed by atoms with E-state index in [0.29, 0.717) is 19.5 Å². The molecule has 0 rings (SSSR count). The van der Waals surface area contributed by atoms with E-state index in [-0.39, 0.29) is 6.61 Å². The second-order valence-electron chi connectivity index (χ2n) is 2.45. The average molecular weight is 160 g/mol. The third kappa shape index (κ3) is 7.29. The summed E-state index contributed by atoms with van der Waals surface area (Å²) in [6.45, 7) is 2.50. The molecule has 0 unspecified atom stereocenters. The number of rotatable bonds is 7. The molecule has 0 aromatic heterocycles. The van der Waals surface area contributed by atoms with Gasteiger partial charge in [-0.25, -0.2) is 0 Å². The normalized spacial score (nSPS) is 10.1. The molecule has 4 heteroatoms. The van der Waals surface area contributed by atoms with Crippen LogP contribution in [0.3, 0.4) is 0 Å². The first kappa shape index (κ1) is 10.4. The van der Waals surface area contributed by atoms with Crippen LogP contribution < -0.4 is 5.32 Å². The fourth-order valence-electron chi connectivity index (χ4n) is 0.792. The van der Waals surface area contributed by atoms with Crippen LogP contribution in [0.1, 0.15) is 6.42 Å². The molecule has 0 radical (unpaired) electrons. The van der Waals surface area contributed by atoms with Gasteiger partial charge in [-0.3, -0.25) is 4.79 Å². The Kier molecular flexibility index (Phi) is 7.08. The summed E-state index contributed by atoms with van der Waals surface area (Å²) in [6, 6.07) is 0. The van der Waals surface area contributed by atoms with Gasteiger partial charge in [0, 0.05) is 13.1 Å². The molecule has 4 nitrogen and oxygen atoms in total. The molecule has 0 aliphatic carbocycles. The van der Waals surface area contributed by atoms with Crippen molar-refractivity contribution in [1.29, 1.82) is 0 Å². The van der Waals surface area contributed by atoms with Gasteiger partial charge < -0.3 is 15.3 Å². The molecule has 0 aliphatic heterocycles. The monoisotopic (exact) mass is 160 g/mol. The Balaban J connectivity index is 3.03. The summed E-state index contributed by atoms with van der Waals surface area (Å²) in [5.41, 5.74) is 0. The summed E-state index contributed by atoms with van der Waals surface area (Å²) in [5, 5.41) is 11.1. The number of hydrogen-bond acceptors (Lipinski definition) is 3. The van der Waals surface area contributed by atoms with E-state index in [4.69, 9.17) is 5.11 Å². The van der Waals surface area contributed by atoms with E-state index in [1.54, 1.807) is 0 Å². The van der Waals surface area contributed by atoms with E-state index < -0.39 is 0 Å². The Morgan fingerprint density at radius 1 is 1.55 bits per heavy atom. The predicted octanol–water partition coefficient (Wildman–Crippen LogP) is -0.953. The first-order valence-electron chi connectivity index (χ1n) is 3.77. The van der Waals surface area contributed by atoms with Gasteiger partial charge in [-0.15, -0.1) is 0 Å². The van der Waals surface area contributed by atoms with Crippen LogP contribution >= 0.6 is 0 Å². The van der Waals surface area contributed by atoms with Crippen molar-refractivity contribution in [3.05, 3.63) is 0 Å². The Labute approximate surface area is 67.2 Å². The molecule has 0 aromatic rings. The lowest BCUT2D eigenvalue weighted by Gasteiger charge is -2.13. The van der Waals surface area contributed by atoms with Crippen molar-refractivity contribution in [2.24, 2.45) is 0 Å². The maximum Gasteiger partial charge on any atom is 0.207 e. The van der Waals surface area contributed by atoms with Gasteiger partial charge in [-0.05, 0) is 20.0 Å². The van der Waals surface area contributed by atoms with E-state index in [9.17, 15) is 4.79 Å². The van der Waals surface area contributed by atoms with Crippen molar-refractivity contribution in [2.45, 2.75) is 6.42 Å². The van der Waals surface area contributed by atoms with Gasteiger partial charge in [0.2, 0.25) is 6.41 Å². The number of amides is 1. The maximum atomic E-state index is 9.81. The SMILES string of the molecule is CN(CCO)CCCNC=O. The highest BCUT2D eigenvalue weighted by Gasteiger charge is 1.94. The van der Waals surface area contributed by atoms with Gasteiger partial charge in [0.1, 0.15) is 0 Å². The van der Waals surface area contributed by atoms with Crippen molar-refractivity contribution >= 4 is 6.41 Å². The van der Waals surface area contributed by atoms with Crippen LogP contribution in [0, 0.1) is 0 Å². The molecule has 0 aromatic carbocycles. The minimum absolute atomic E-state index is 0.192. The summed E-state index contributed by atoms with van der Waals surface area (Å²) in [4.78, 5) is 11.8. The zero-order valence-corrected chi connectivity index (χ0v) is 6.92. The lowest BCUT2D eigenvalue weighted by Crippen LogP contribution is -2.26. The van der Waals surface area contributed by atoms with Gasteiger partial charge in [-0.2, -0.15) is 0 Å². The second-order valence-corrected chi connectivity index (χ2v) is 2.45. The van der Waals surface area contributed by atoms with Crippen molar-refractivity contribution in [2.75, 3.05) is 33.3 Å². The van der Waals surface area contributed by atoms with Crippen LogP contribution in [0.4, 0.5) is 0 Å². The average Bonchev–Trinajstić information content (AvgIpc) is 1.99. The van der Waals surface area contributed by atoms with E-state index in [1.165, 1.54) is 0 Å². The number of likely N-dealkylation sites (N-methyl/N-ethyl adjacent to an activating group) is 1. The molecule has 0 heterocycles. The molecule has 1 amide bonds. The minimum atomic E-state index is 0.192. The van der Waals surface area contributed by atoms with Gasteiger partial charge in [0.25, 0.3) is 0 Å². The Bertz CT molecular complexity index is 98.4. The number of aliphatic hydroxyl groups excluding tert-OH is 1. The Morgan fingerprint density at radius 3 is 2.82 bits per heavy atom. The lowest BCUT2D eigenvalue weighted by atomic mass is 10.4. The van der Waals surface area contributed by atoms with Gasteiger partial charge in [0.05, 0.1) is 6.61 Å². The second kappa shape index (κ2) is 7.50. The van der Waals surface area contributed by atoms with Crippen molar-refractivity contribution in [3.63, 3.8) is 0 Å². The number of hydrogen-bond donors (Lipinski definition) is 2. The molecular formula is C7H16N2O2. The Hall–Kier alpha value is -0.610. The summed E-state index contributed by atoms with van der Waals surface area (Å²) in [6.07, 6.45) is 1.63. The topological polar surface area (TPSA) is 52.6 Å². The number of nitrogens with one attached hydrogen (secondary N) is 1. The summed E-state index contributed by atoms with van der Waals surface area (Å²) in [7, 11) is 1.94. The number of carbonyl (C=O) groups excluding carboxylic acids is 1. The summed E-state index contributed by atoms with van der Waals surface area (Å²) in [5.74, 6) is 0. The zero-order valence-electron chi connectivity index (χ0n) is 6.92.